The predicted octanol–water partition coefficient (Wildman–Crippen LogP) is 4.32. The van der Waals surface area contributed by atoms with Crippen molar-refractivity contribution < 1.29 is 9.18 Å². The van der Waals surface area contributed by atoms with E-state index < -0.39 is 5.82 Å². The van der Waals surface area contributed by atoms with Crippen molar-refractivity contribution in [2.24, 2.45) is 0 Å². The summed E-state index contributed by atoms with van der Waals surface area (Å²) in [6.07, 6.45) is 0.897. The van der Waals surface area contributed by atoms with Crippen LogP contribution in [0.4, 0.5) is 10.1 Å². The number of nitrogens with one attached hydrogen (secondary N) is 1. The quantitative estimate of drug-likeness (QED) is 0.889. The van der Waals surface area contributed by atoms with Crippen LogP contribution in [0.2, 0.25) is 0 Å². The molecule has 4 heteroatoms. The van der Waals surface area contributed by atoms with E-state index in [-0.39, 0.29) is 11.6 Å². The van der Waals surface area contributed by atoms with Crippen molar-refractivity contribution in [2.75, 3.05) is 5.32 Å². The maximum atomic E-state index is 13.7. The van der Waals surface area contributed by atoms with E-state index >= 15 is 0 Å². The fourth-order valence-corrected chi connectivity index (χ4v) is 2.90. The third kappa shape index (κ3) is 3.01. The highest BCUT2D eigenvalue weighted by Gasteiger charge is 2.13. The summed E-state index contributed by atoms with van der Waals surface area (Å²) in [6, 6.07) is 6.65. The van der Waals surface area contributed by atoms with Crippen molar-refractivity contribution in [3.63, 3.8) is 0 Å². The molecule has 100 valence electrons. The van der Waals surface area contributed by atoms with Gasteiger partial charge < -0.3 is 5.32 Å². The van der Waals surface area contributed by atoms with Crippen LogP contribution >= 0.6 is 11.3 Å². The molecule has 2 aromatic rings. The molecule has 0 spiro atoms. The van der Waals surface area contributed by atoms with Crippen LogP contribution < -0.4 is 5.32 Å². The van der Waals surface area contributed by atoms with Crippen LogP contribution in [0.5, 0.6) is 0 Å². The summed E-state index contributed by atoms with van der Waals surface area (Å²) in [5.41, 5.74) is 2.22. The topological polar surface area (TPSA) is 29.1 Å². The second-order valence-corrected chi connectivity index (χ2v) is 5.74. The molecule has 1 aromatic heterocycles. The monoisotopic (exact) mass is 277 g/mol. The second kappa shape index (κ2) is 5.53. The van der Waals surface area contributed by atoms with Gasteiger partial charge in [0.1, 0.15) is 5.82 Å². The van der Waals surface area contributed by atoms with E-state index in [2.05, 4.69) is 12.2 Å². The molecule has 2 nitrogen and oxygen atoms in total. The minimum atomic E-state index is -0.405. The van der Waals surface area contributed by atoms with Gasteiger partial charge in [-0.3, -0.25) is 4.79 Å². The minimum absolute atomic E-state index is 0.222. The smallest absolute Gasteiger partial charge is 0.265 e. The van der Waals surface area contributed by atoms with Crippen LogP contribution in [0.15, 0.2) is 24.3 Å². The first kappa shape index (κ1) is 13.7. The Kier molecular flexibility index (Phi) is 4.00. The maximum Gasteiger partial charge on any atom is 0.265 e. The van der Waals surface area contributed by atoms with Crippen LogP contribution in [0, 0.1) is 19.7 Å². The van der Waals surface area contributed by atoms with Crippen molar-refractivity contribution in [1.29, 1.82) is 0 Å². The third-order valence-corrected chi connectivity index (χ3v) is 4.09. The number of carbonyl (C=O) groups is 1. The largest absolute Gasteiger partial charge is 0.319 e. The van der Waals surface area contributed by atoms with Crippen molar-refractivity contribution in [2.45, 2.75) is 27.2 Å². The van der Waals surface area contributed by atoms with Gasteiger partial charge in [0.2, 0.25) is 0 Å². The average molecular weight is 277 g/mol. The summed E-state index contributed by atoms with van der Waals surface area (Å²) in [7, 11) is 0. The van der Waals surface area contributed by atoms with Crippen LogP contribution in [0.1, 0.15) is 32.6 Å². The Bertz CT molecular complexity index is 619. The Labute approximate surface area is 116 Å². The van der Waals surface area contributed by atoms with Gasteiger partial charge in [0.15, 0.2) is 0 Å². The van der Waals surface area contributed by atoms with E-state index in [4.69, 9.17) is 0 Å². The fourth-order valence-electron chi connectivity index (χ4n) is 1.89. The van der Waals surface area contributed by atoms with Gasteiger partial charge in [-0.2, -0.15) is 0 Å². The Hall–Kier alpha value is -1.68. The summed E-state index contributed by atoms with van der Waals surface area (Å²) >= 11 is 1.44. The molecule has 0 fully saturated rings. The molecule has 0 saturated carbocycles. The molecule has 1 amide bonds. The number of aryl methyl sites for hydroxylation is 3. The Morgan fingerprint density at radius 1 is 1.32 bits per heavy atom. The second-order valence-electron chi connectivity index (χ2n) is 4.48. The van der Waals surface area contributed by atoms with E-state index in [1.54, 1.807) is 12.1 Å². The van der Waals surface area contributed by atoms with Gasteiger partial charge in [-0.15, -0.1) is 11.3 Å². The summed E-state index contributed by atoms with van der Waals surface area (Å²) in [4.78, 5) is 13.8. The predicted molar refractivity (Wildman–Crippen MR) is 77.5 cm³/mol. The summed E-state index contributed by atoms with van der Waals surface area (Å²) in [5.74, 6) is -0.659. The lowest BCUT2D eigenvalue weighted by Crippen LogP contribution is -2.11. The van der Waals surface area contributed by atoms with Crippen molar-refractivity contribution in [3.05, 3.63) is 51.0 Å². The normalized spacial score (nSPS) is 10.5. The number of benzene rings is 1. The van der Waals surface area contributed by atoms with Crippen molar-refractivity contribution in [3.8, 4) is 0 Å². The zero-order valence-electron chi connectivity index (χ0n) is 11.2. The lowest BCUT2D eigenvalue weighted by atomic mass is 10.2. The highest BCUT2D eigenvalue weighted by Crippen LogP contribution is 2.24. The zero-order chi connectivity index (χ0) is 14.0. The highest BCUT2D eigenvalue weighted by molar-refractivity contribution is 7.14. The van der Waals surface area contributed by atoms with Crippen LogP contribution in [0.25, 0.3) is 0 Å². The first-order valence-corrected chi connectivity index (χ1v) is 6.99. The lowest BCUT2D eigenvalue weighted by Gasteiger charge is -2.05. The van der Waals surface area contributed by atoms with Gasteiger partial charge in [0.05, 0.1) is 10.6 Å². The molecule has 0 bridgehead atoms. The summed E-state index contributed by atoms with van der Waals surface area (Å²) in [5, 5.41) is 2.61. The molecular weight excluding hydrogens is 261 g/mol. The zero-order valence-corrected chi connectivity index (χ0v) is 12.0. The van der Waals surface area contributed by atoms with E-state index in [1.807, 2.05) is 19.9 Å². The molecule has 0 aliphatic carbocycles. The standard InChI is InChI=1S/C15H16FNOS/c1-4-11-8-14(19-10(11)3)15(18)17-13-6-5-9(2)7-12(13)16/h5-8H,4H2,1-3H3,(H,17,18). The van der Waals surface area contributed by atoms with Gasteiger partial charge in [-0.1, -0.05) is 13.0 Å². The van der Waals surface area contributed by atoms with Crippen molar-refractivity contribution >= 4 is 22.9 Å². The van der Waals surface area contributed by atoms with Crippen LogP contribution in [-0.4, -0.2) is 5.91 Å². The Morgan fingerprint density at radius 2 is 2.05 bits per heavy atom. The number of anilines is 1. The molecule has 1 heterocycles. The van der Waals surface area contributed by atoms with Gasteiger partial charge in [-0.05, 0) is 49.6 Å². The number of carbonyl (C=O) groups excluding carboxylic acids is 1. The molecule has 0 atom stereocenters. The SMILES string of the molecule is CCc1cc(C(=O)Nc2ccc(C)cc2F)sc1C. The van der Waals surface area contributed by atoms with Crippen LogP contribution in [-0.2, 0) is 6.42 Å². The molecule has 1 aromatic carbocycles. The Balaban J connectivity index is 2.20. The van der Waals surface area contributed by atoms with Crippen LogP contribution in [0.3, 0.4) is 0 Å². The Morgan fingerprint density at radius 3 is 2.63 bits per heavy atom. The van der Waals surface area contributed by atoms with Gasteiger partial charge in [0.25, 0.3) is 5.91 Å². The third-order valence-electron chi connectivity index (χ3n) is 3.00. The van der Waals surface area contributed by atoms with E-state index in [1.165, 1.54) is 23.0 Å². The first-order valence-electron chi connectivity index (χ1n) is 6.18. The fraction of sp³-hybridized carbons (Fsp3) is 0.267. The molecule has 0 aliphatic rings. The van der Waals surface area contributed by atoms with E-state index in [9.17, 15) is 9.18 Å². The molecule has 0 aliphatic heterocycles. The van der Waals surface area contributed by atoms with Crippen molar-refractivity contribution in [1.82, 2.24) is 0 Å². The molecule has 19 heavy (non-hydrogen) atoms. The van der Waals surface area contributed by atoms with Gasteiger partial charge >= 0.3 is 0 Å². The molecule has 0 radical (unpaired) electrons. The molecular formula is C15H16FNOS. The van der Waals surface area contributed by atoms with Gasteiger partial charge in [0, 0.05) is 4.88 Å². The van der Waals surface area contributed by atoms with E-state index in [0.29, 0.717) is 4.88 Å². The average Bonchev–Trinajstić information content (AvgIpc) is 2.74. The molecule has 1 N–H and O–H groups in total. The minimum Gasteiger partial charge on any atom is -0.319 e. The number of hydrogen-bond donors (Lipinski definition) is 1. The molecule has 0 saturated heterocycles. The van der Waals surface area contributed by atoms with Gasteiger partial charge in [-0.25, -0.2) is 4.39 Å². The number of amides is 1. The maximum absolute atomic E-state index is 13.7. The summed E-state index contributed by atoms with van der Waals surface area (Å²) < 4.78 is 13.7. The molecule has 2 rings (SSSR count). The number of thiophene rings is 1. The number of halogens is 1. The molecule has 0 unspecified atom stereocenters. The number of rotatable bonds is 3. The number of hydrogen-bond acceptors (Lipinski definition) is 2. The van der Waals surface area contributed by atoms with E-state index in [0.717, 1.165) is 16.9 Å². The highest BCUT2D eigenvalue weighted by atomic mass is 32.1. The first-order chi connectivity index (χ1) is 9.01. The lowest BCUT2D eigenvalue weighted by molar-refractivity contribution is 0.103. The summed E-state index contributed by atoms with van der Waals surface area (Å²) in [6.45, 7) is 5.86.